The van der Waals surface area contributed by atoms with Crippen LogP contribution in [0, 0.1) is 5.82 Å². The number of benzene rings is 2. The fourth-order valence-electron chi connectivity index (χ4n) is 1.73. The molecule has 2 aromatic carbocycles. The lowest BCUT2D eigenvalue weighted by molar-refractivity contribution is 0.177. The molecule has 0 radical (unpaired) electrons. The Kier molecular flexibility index (Phi) is 3.99. The molecule has 2 rings (SSSR count). The highest BCUT2D eigenvalue weighted by atomic mass is 79.9. The Bertz CT molecular complexity index is 542. The van der Waals surface area contributed by atoms with Crippen molar-refractivity contribution in [3.8, 4) is 0 Å². The molecular weight excluding hydrogens is 297 g/mol. The van der Waals surface area contributed by atoms with Gasteiger partial charge in [-0.2, -0.15) is 0 Å². The second-order valence-electron chi connectivity index (χ2n) is 4.12. The topological polar surface area (TPSA) is 46.2 Å². The van der Waals surface area contributed by atoms with Gasteiger partial charge in [0.1, 0.15) is 5.82 Å². The maximum absolute atomic E-state index is 13.6. The van der Waals surface area contributed by atoms with Crippen molar-refractivity contribution in [3.05, 3.63) is 63.9 Å². The molecule has 4 heteroatoms. The normalized spacial score (nSPS) is 12.4. The summed E-state index contributed by atoms with van der Waals surface area (Å²) in [5, 5.41) is 10.0. The number of halogens is 2. The molecule has 3 N–H and O–H groups in total. The first kappa shape index (κ1) is 13.1. The number of aliphatic hydroxyl groups is 1. The van der Waals surface area contributed by atoms with Crippen LogP contribution in [0.5, 0.6) is 0 Å². The van der Waals surface area contributed by atoms with Crippen molar-refractivity contribution in [1.82, 2.24) is 0 Å². The molecule has 0 aromatic heterocycles. The molecule has 1 atom stereocenters. The molecule has 94 valence electrons. The molecule has 0 aliphatic rings. The van der Waals surface area contributed by atoms with E-state index in [1.165, 1.54) is 6.07 Å². The highest BCUT2D eigenvalue weighted by molar-refractivity contribution is 9.10. The number of rotatable bonds is 3. The van der Waals surface area contributed by atoms with Crippen molar-refractivity contribution in [1.29, 1.82) is 0 Å². The Hall–Kier alpha value is -1.39. The predicted molar refractivity (Wildman–Crippen MR) is 73.6 cm³/mol. The van der Waals surface area contributed by atoms with Crippen LogP contribution in [0.4, 0.5) is 10.1 Å². The predicted octanol–water partition coefficient (Wildman–Crippen LogP) is 3.45. The number of anilines is 1. The molecular formula is C14H13BrFNO. The third-order valence-electron chi connectivity index (χ3n) is 2.75. The van der Waals surface area contributed by atoms with Gasteiger partial charge in [-0.3, -0.25) is 0 Å². The van der Waals surface area contributed by atoms with E-state index in [9.17, 15) is 9.50 Å². The number of nitrogens with two attached hydrogens (primary N) is 1. The van der Waals surface area contributed by atoms with Gasteiger partial charge in [-0.05, 0) is 35.4 Å². The highest BCUT2D eigenvalue weighted by Gasteiger charge is 2.11. The maximum atomic E-state index is 13.6. The van der Waals surface area contributed by atoms with E-state index >= 15 is 0 Å². The van der Waals surface area contributed by atoms with Gasteiger partial charge in [0, 0.05) is 16.6 Å². The van der Waals surface area contributed by atoms with Crippen molar-refractivity contribution >= 4 is 21.6 Å². The summed E-state index contributed by atoms with van der Waals surface area (Å²) in [5.74, 6) is -0.320. The van der Waals surface area contributed by atoms with Gasteiger partial charge in [-0.25, -0.2) is 4.39 Å². The molecule has 18 heavy (non-hydrogen) atoms. The van der Waals surface area contributed by atoms with E-state index in [2.05, 4.69) is 15.9 Å². The zero-order valence-corrected chi connectivity index (χ0v) is 11.2. The molecule has 0 aliphatic heterocycles. The Morgan fingerprint density at radius 3 is 2.44 bits per heavy atom. The number of hydrogen-bond donors (Lipinski definition) is 2. The van der Waals surface area contributed by atoms with Crippen LogP contribution < -0.4 is 5.73 Å². The van der Waals surface area contributed by atoms with Gasteiger partial charge in [-0.1, -0.05) is 34.1 Å². The summed E-state index contributed by atoms with van der Waals surface area (Å²) in [5.41, 5.74) is 7.43. The van der Waals surface area contributed by atoms with Gasteiger partial charge in [0.15, 0.2) is 0 Å². The summed E-state index contributed by atoms with van der Waals surface area (Å²) in [7, 11) is 0. The first-order chi connectivity index (χ1) is 8.56. The number of nitrogen functional groups attached to an aromatic ring is 1. The Morgan fingerprint density at radius 1 is 1.17 bits per heavy atom. The summed E-state index contributed by atoms with van der Waals surface area (Å²) in [6, 6.07) is 11.7. The average molecular weight is 310 g/mol. The Labute approximate surface area is 113 Å². The first-order valence-corrected chi connectivity index (χ1v) is 6.33. The second-order valence-corrected chi connectivity index (χ2v) is 5.04. The summed E-state index contributed by atoms with van der Waals surface area (Å²) in [6.07, 6.45) is -0.496. The first-order valence-electron chi connectivity index (χ1n) is 5.53. The molecule has 0 heterocycles. The monoisotopic (exact) mass is 309 g/mol. The van der Waals surface area contributed by atoms with Crippen LogP contribution >= 0.6 is 15.9 Å². The lowest BCUT2D eigenvalue weighted by Crippen LogP contribution is -2.03. The highest BCUT2D eigenvalue weighted by Crippen LogP contribution is 2.22. The molecule has 0 saturated carbocycles. The van der Waals surface area contributed by atoms with E-state index in [1.54, 1.807) is 36.4 Å². The van der Waals surface area contributed by atoms with Crippen LogP contribution in [0.15, 0.2) is 46.9 Å². The van der Waals surface area contributed by atoms with E-state index in [0.29, 0.717) is 15.7 Å². The molecule has 0 aliphatic carbocycles. The minimum atomic E-state index is -0.735. The number of aliphatic hydroxyl groups excluding tert-OH is 1. The van der Waals surface area contributed by atoms with Gasteiger partial charge < -0.3 is 10.8 Å². The molecule has 0 amide bonds. The third kappa shape index (κ3) is 3.09. The standard InChI is InChI=1S/C14H13BrFNO/c15-11-4-1-10(13(16)8-11)7-14(18)9-2-5-12(17)6-3-9/h1-6,8,14,18H,7,17H2. The van der Waals surface area contributed by atoms with Gasteiger partial charge in [-0.15, -0.1) is 0 Å². The lowest BCUT2D eigenvalue weighted by Gasteiger charge is -2.12. The smallest absolute Gasteiger partial charge is 0.127 e. The quantitative estimate of drug-likeness (QED) is 0.853. The van der Waals surface area contributed by atoms with E-state index in [1.807, 2.05) is 0 Å². The lowest BCUT2D eigenvalue weighted by atomic mass is 10.0. The summed E-state index contributed by atoms with van der Waals surface area (Å²) < 4.78 is 14.3. The van der Waals surface area contributed by atoms with E-state index < -0.39 is 6.10 Å². The Morgan fingerprint density at radius 2 is 1.83 bits per heavy atom. The molecule has 0 spiro atoms. The molecule has 2 nitrogen and oxygen atoms in total. The zero-order chi connectivity index (χ0) is 13.1. The van der Waals surface area contributed by atoms with Crippen molar-refractivity contribution in [2.24, 2.45) is 0 Å². The van der Waals surface area contributed by atoms with Crippen molar-refractivity contribution in [2.45, 2.75) is 12.5 Å². The van der Waals surface area contributed by atoms with Gasteiger partial charge in [0.05, 0.1) is 6.10 Å². The average Bonchev–Trinajstić information content (AvgIpc) is 2.33. The van der Waals surface area contributed by atoms with Crippen LogP contribution in [0.1, 0.15) is 17.2 Å². The van der Waals surface area contributed by atoms with Crippen LogP contribution in [0.3, 0.4) is 0 Å². The van der Waals surface area contributed by atoms with Gasteiger partial charge in [0.2, 0.25) is 0 Å². The van der Waals surface area contributed by atoms with E-state index in [-0.39, 0.29) is 12.2 Å². The maximum Gasteiger partial charge on any atom is 0.127 e. The SMILES string of the molecule is Nc1ccc(C(O)Cc2ccc(Br)cc2F)cc1. The fourth-order valence-corrected chi connectivity index (χ4v) is 2.06. The molecule has 2 aromatic rings. The third-order valence-corrected chi connectivity index (χ3v) is 3.24. The van der Waals surface area contributed by atoms with E-state index in [0.717, 1.165) is 5.56 Å². The number of hydrogen-bond acceptors (Lipinski definition) is 2. The molecule has 0 bridgehead atoms. The van der Waals surface area contributed by atoms with Crippen molar-refractivity contribution in [3.63, 3.8) is 0 Å². The fraction of sp³-hybridized carbons (Fsp3) is 0.143. The molecule has 0 saturated heterocycles. The van der Waals surface area contributed by atoms with Gasteiger partial charge in [0.25, 0.3) is 0 Å². The second kappa shape index (κ2) is 5.50. The Balaban J connectivity index is 2.15. The minimum absolute atomic E-state index is 0.239. The zero-order valence-electron chi connectivity index (χ0n) is 9.61. The van der Waals surface area contributed by atoms with Crippen LogP contribution in [0.2, 0.25) is 0 Å². The van der Waals surface area contributed by atoms with Crippen LogP contribution in [-0.4, -0.2) is 5.11 Å². The molecule has 0 fully saturated rings. The van der Waals surface area contributed by atoms with Crippen molar-refractivity contribution < 1.29 is 9.50 Å². The summed E-state index contributed by atoms with van der Waals surface area (Å²) >= 11 is 3.20. The van der Waals surface area contributed by atoms with Crippen LogP contribution in [0.25, 0.3) is 0 Å². The largest absolute Gasteiger partial charge is 0.399 e. The van der Waals surface area contributed by atoms with E-state index in [4.69, 9.17) is 5.73 Å². The van der Waals surface area contributed by atoms with Crippen molar-refractivity contribution in [2.75, 3.05) is 5.73 Å². The van der Waals surface area contributed by atoms with Crippen LogP contribution in [-0.2, 0) is 6.42 Å². The minimum Gasteiger partial charge on any atom is -0.399 e. The van der Waals surface area contributed by atoms with Gasteiger partial charge >= 0.3 is 0 Å². The molecule has 1 unspecified atom stereocenters. The summed E-state index contributed by atoms with van der Waals surface area (Å²) in [6.45, 7) is 0. The summed E-state index contributed by atoms with van der Waals surface area (Å²) in [4.78, 5) is 0.